The maximum Gasteiger partial charge on any atom is 0.265 e. The molecule has 0 aromatic heterocycles. The average molecular weight is 381 g/mol. The second kappa shape index (κ2) is 7.25. The molecule has 1 N–H and O–H groups in total. The number of hydrogen-bond acceptors (Lipinski definition) is 2. The largest absolute Gasteiger partial charge is 0.480 e. The van der Waals surface area contributed by atoms with Gasteiger partial charge in [0.2, 0.25) is 0 Å². The van der Waals surface area contributed by atoms with Crippen molar-refractivity contribution in [2.24, 2.45) is 0 Å². The highest BCUT2D eigenvalue weighted by Gasteiger charge is 2.22. The molecule has 0 fully saturated rings. The van der Waals surface area contributed by atoms with Crippen LogP contribution in [0, 0.1) is 0 Å². The van der Waals surface area contributed by atoms with Gasteiger partial charge in [-0.1, -0.05) is 67.6 Å². The topological polar surface area (TPSA) is 38.3 Å². The minimum Gasteiger partial charge on any atom is -0.480 e. The molecule has 4 aromatic rings. The summed E-state index contributed by atoms with van der Waals surface area (Å²) in [5, 5.41) is 7.66. The van der Waals surface area contributed by atoms with Gasteiger partial charge in [0, 0.05) is 16.5 Å². The minimum absolute atomic E-state index is 0.112. The van der Waals surface area contributed by atoms with Crippen LogP contribution in [0.4, 0.5) is 5.69 Å². The smallest absolute Gasteiger partial charge is 0.265 e. The number of anilines is 1. The molecule has 0 unspecified atom stereocenters. The van der Waals surface area contributed by atoms with Crippen LogP contribution in [-0.2, 0) is 17.6 Å². The number of ether oxygens (including phenoxy) is 1. The number of nitrogens with one attached hydrogen (secondary N) is 1. The van der Waals surface area contributed by atoms with E-state index in [-0.39, 0.29) is 5.91 Å². The number of rotatable bonds is 5. The molecule has 0 spiro atoms. The molecule has 5 rings (SSSR count). The maximum absolute atomic E-state index is 13.1. The Kier molecular flexibility index (Phi) is 4.44. The number of benzene rings is 4. The highest BCUT2D eigenvalue weighted by molar-refractivity contribution is 6.06. The van der Waals surface area contributed by atoms with E-state index in [1.165, 1.54) is 16.5 Å². The van der Waals surface area contributed by atoms with Crippen molar-refractivity contribution in [1.29, 1.82) is 0 Å². The predicted molar refractivity (Wildman–Crippen MR) is 119 cm³/mol. The van der Waals surface area contributed by atoms with E-state index in [9.17, 15) is 4.79 Å². The first kappa shape index (κ1) is 17.7. The van der Waals surface area contributed by atoms with Crippen molar-refractivity contribution >= 4 is 33.1 Å². The lowest BCUT2D eigenvalue weighted by molar-refractivity contribution is -0.122. The van der Waals surface area contributed by atoms with Gasteiger partial charge < -0.3 is 10.1 Å². The van der Waals surface area contributed by atoms with Crippen LogP contribution in [0.1, 0.15) is 24.5 Å². The van der Waals surface area contributed by atoms with E-state index >= 15 is 0 Å². The average Bonchev–Trinajstić information content (AvgIpc) is 3.18. The summed E-state index contributed by atoms with van der Waals surface area (Å²) in [6.45, 7) is 1.98. The van der Waals surface area contributed by atoms with Crippen molar-refractivity contribution in [3.63, 3.8) is 0 Å². The number of fused-ring (bicyclic) bond motifs is 1. The number of hydrogen-bond donors (Lipinski definition) is 1. The predicted octanol–water partition coefficient (Wildman–Crippen LogP) is 5.89. The maximum atomic E-state index is 13.1. The van der Waals surface area contributed by atoms with Crippen LogP contribution in [0.2, 0.25) is 0 Å². The van der Waals surface area contributed by atoms with Crippen molar-refractivity contribution in [2.45, 2.75) is 32.3 Å². The van der Waals surface area contributed by atoms with Crippen LogP contribution in [0.5, 0.6) is 5.75 Å². The first-order valence-electron chi connectivity index (χ1n) is 10.2. The van der Waals surface area contributed by atoms with Gasteiger partial charge in [0.05, 0.1) is 0 Å². The standard InChI is InChI=1S/C26H23NO2/c1-2-23(29-24-12-6-8-17-7-3-4-10-20(17)24)26(28)27-22-16-15-19-14-13-18-9-5-11-21(22)25(18)19/h3-12,15-16,23H,2,13-14H2,1H3,(H,27,28)/t23-/m1/s1. The van der Waals surface area contributed by atoms with Crippen molar-refractivity contribution in [1.82, 2.24) is 0 Å². The van der Waals surface area contributed by atoms with E-state index in [2.05, 4.69) is 41.7 Å². The van der Waals surface area contributed by atoms with E-state index in [1.54, 1.807) is 0 Å². The SMILES string of the molecule is CC[C@@H](Oc1cccc2ccccc12)C(=O)Nc1ccc2c3c(cccc13)CC2. The zero-order valence-corrected chi connectivity index (χ0v) is 16.4. The van der Waals surface area contributed by atoms with E-state index in [0.717, 1.165) is 40.4 Å². The van der Waals surface area contributed by atoms with Gasteiger partial charge in [-0.25, -0.2) is 0 Å². The third-order valence-electron chi connectivity index (χ3n) is 5.82. The molecule has 1 aliphatic carbocycles. The fraction of sp³-hybridized carbons (Fsp3) is 0.192. The van der Waals surface area contributed by atoms with Gasteiger partial charge in [0.25, 0.3) is 5.91 Å². The van der Waals surface area contributed by atoms with Crippen LogP contribution < -0.4 is 10.1 Å². The van der Waals surface area contributed by atoms with Crippen molar-refractivity contribution in [2.75, 3.05) is 5.32 Å². The molecule has 4 aromatic carbocycles. The quantitative estimate of drug-likeness (QED) is 0.468. The molecule has 0 bridgehead atoms. The Morgan fingerprint density at radius 3 is 2.48 bits per heavy atom. The highest BCUT2D eigenvalue weighted by atomic mass is 16.5. The lowest BCUT2D eigenvalue weighted by Gasteiger charge is -2.19. The minimum atomic E-state index is -0.552. The van der Waals surface area contributed by atoms with Crippen LogP contribution in [-0.4, -0.2) is 12.0 Å². The highest BCUT2D eigenvalue weighted by Crippen LogP contribution is 2.35. The van der Waals surface area contributed by atoms with Crippen molar-refractivity contribution < 1.29 is 9.53 Å². The summed E-state index contributed by atoms with van der Waals surface area (Å²) in [5.41, 5.74) is 3.60. The van der Waals surface area contributed by atoms with Crippen molar-refractivity contribution in [3.8, 4) is 5.75 Å². The summed E-state index contributed by atoms with van der Waals surface area (Å²) < 4.78 is 6.17. The molecular formula is C26H23NO2. The molecule has 3 heteroatoms. The zero-order valence-electron chi connectivity index (χ0n) is 16.4. The molecule has 29 heavy (non-hydrogen) atoms. The van der Waals surface area contributed by atoms with Gasteiger partial charge in [0.1, 0.15) is 5.75 Å². The first-order valence-corrected chi connectivity index (χ1v) is 10.2. The molecule has 0 heterocycles. The number of carbonyl (C=O) groups is 1. The first-order chi connectivity index (χ1) is 14.2. The van der Waals surface area contributed by atoms with E-state index in [4.69, 9.17) is 4.74 Å². The van der Waals surface area contributed by atoms with Gasteiger partial charge in [-0.15, -0.1) is 0 Å². The van der Waals surface area contributed by atoms with E-state index in [0.29, 0.717) is 6.42 Å². The Bertz CT molecular complexity index is 1210. The van der Waals surface area contributed by atoms with Crippen molar-refractivity contribution in [3.05, 3.63) is 83.9 Å². The van der Waals surface area contributed by atoms with Gasteiger partial charge in [-0.05, 0) is 53.3 Å². The van der Waals surface area contributed by atoms with Gasteiger partial charge >= 0.3 is 0 Å². The summed E-state index contributed by atoms with van der Waals surface area (Å²) >= 11 is 0. The lowest BCUT2D eigenvalue weighted by atomic mass is 10.0. The third kappa shape index (κ3) is 3.13. The Labute approximate surface area is 170 Å². The molecule has 0 aliphatic heterocycles. The fourth-order valence-electron chi connectivity index (χ4n) is 4.34. The summed E-state index contributed by atoms with van der Waals surface area (Å²) in [7, 11) is 0. The van der Waals surface area contributed by atoms with Gasteiger partial charge in [0.15, 0.2) is 6.10 Å². The Morgan fingerprint density at radius 2 is 1.62 bits per heavy atom. The number of aryl methyl sites for hydroxylation is 2. The summed E-state index contributed by atoms with van der Waals surface area (Å²) in [6, 6.07) is 24.5. The summed E-state index contributed by atoms with van der Waals surface area (Å²) in [6.07, 6.45) is 2.19. The fourth-order valence-corrected chi connectivity index (χ4v) is 4.34. The Balaban J connectivity index is 1.43. The van der Waals surface area contributed by atoms with Gasteiger partial charge in [-0.2, -0.15) is 0 Å². The number of carbonyl (C=O) groups excluding carboxylic acids is 1. The Morgan fingerprint density at radius 1 is 0.897 bits per heavy atom. The number of amides is 1. The molecular weight excluding hydrogens is 358 g/mol. The molecule has 144 valence electrons. The summed E-state index contributed by atoms with van der Waals surface area (Å²) in [5.74, 6) is 0.629. The normalized spacial score (nSPS) is 13.6. The third-order valence-corrected chi connectivity index (χ3v) is 5.82. The van der Waals surface area contributed by atoms with E-state index < -0.39 is 6.10 Å². The Hall–Kier alpha value is -3.33. The molecule has 1 aliphatic rings. The lowest BCUT2D eigenvalue weighted by Crippen LogP contribution is -2.32. The molecule has 1 atom stereocenters. The van der Waals surface area contributed by atoms with E-state index in [1.807, 2.05) is 43.3 Å². The van der Waals surface area contributed by atoms with Crippen LogP contribution >= 0.6 is 0 Å². The molecule has 0 radical (unpaired) electrons. The van der Waals surface area contributed by atoms with Crippen LogP contribution in [0.25, 0.3) is 21.5 Å². The monoisotopic (exact) mass is 381 g/mol. The van der Waals surface area contributed by atoms with Gasteiger partial charge in [-0.3, -0.25) is 4.79 Å². The molecule has 3 nitrogen and oxygen atoms in total. The molecule has 0 saturated carbocycles. The summed E-state index contributed by atoms with van der Waals surface area (Å²) in [4.78, 5) is 13.1. The van der Waals surface area contributed by atoms with Crippen LogP contribution in [0.3, 0.4) is 0 Å². The second-order valence-electron chi connectivity index (χ2n) is 7.59. The molecule has 0 saturated heterocycles. The zero-order chi connectivity index (χ0) is 19.8. The molecule has 1 amide bonds. The second-order valence-corrected chi connectivity index (χ2v) is 7.59. The van der Waals surface area contributed by atoms with Crippen LogP contribution in [0.15, 0.2) is 72.8 Å².